The summed E-state index contributed by atoms with van der Waals surface area (Å²) in [6.45, 7) is 0. The molecule has 0 bridgehead atoms. The molecule has 5 nitrogen and oxygen atoms in total. The molecule has 0 saturated carbocycles. The van der Waals surface area contributed by atoms with Crippen LogP contribution in [0.1, 0.15) is 0 Å². The molecule has 0 amide bonds. The van der Waals surface area contributed by atoms with Crippen molar-refractivity contribution in [1.82, 2.24) is 4.98 Å². The molecule has 3 aromatic carbocycles. The minimum Gasteiger partial charge on any atom is -0.497 e. The summed E-state index contributed by atoms with van der Waals surface area (Å²) in [5.41, 5.74) is 2.06. The Morgan fingerprint density at radius 2 is 1.86 bits per heavy atom. The van der Waals surface area contributed by atoms with Crippen molar-refractivity contribution in [2.75, 3.05) is 12.4 Å². The van der Waals surface area contributed by atoms with Crippen LogP contribution in [0.15, 0.2) is 81.3 Å². The monoisotopic (exact) mass is 400 g/mol. The molecule has 6 heteroatoms. The van der Waals surface area contributed by atoms with Crippen LogP contribution in [-0.2, 0) is 0 Å². The van der Waals surface area contributed by atoms with E-state index >= 15 is 0 Å². The van der Waals surface area contributed by atoms with E-state index in [0.29, 0.717) is 27.7 Å². The minimum absolute atomic E-state index is 0.423. The quantitative estimate of drug-likeness (QED) is 0.385. The van der Waals surface area contributed by atoms with Crippen molar-refractivity contribution < 1.29 is 9.15 Å². The van der Waals surface area contributed by atoms with Crippen molar-refractivity contribution in [2.45, 2.75) is 0 Å². The molecule has 0 radical (unpaired) electrons. The summed E-state index contributed by atoms with van der Waals surface area (Å²) >= 11 is 1.45. The smallest absolute Gasteiger partial charge is 0.345 e. The lowest BCUT2D eigenvalue weighted by molar-refractivity contribution is 0.414. The van der Waals surface area contributed by atoms with Gasteiger partial charge in [0.15, 0.2) is 5.13 Å². The van der Waals surface area contributed by atoms with E-state index in [4.69, 9.17) is 9.15 Å². The van der Waals surface area contributed by atoms with Crippen molar-refractivity contribution in [3.63, 3.8) is 0 Å². The third kappa shape index (κ3) is 3.23. The van der Waals surface area contributed by atoms with Crippen molar-refractivity contribution in [2.24, 2.45) is 0 Å². The van der Waals surface area contributed by atoms with Crippen molar-refractivity contribution in [1.29, 1.82) is 0 Å². The fourth-order valence-corrected chi connectivity index (χ4v) is 4.02. The Balaban J connectivity index is 1.51. The lowest BCUT2D eigenvalue weighted by atomic mass is 10.1. The zero-order chi connectivity index (χ0) is 19.8. The van der Waals surface area contributed by atoms with Gasteiger partial charge < -0.3 is 14.5 Å². The average Bonchev–Trinajstić information content (AvgIpc) is 3.21. The van der Waals surface area contributed by atoms with E-state index in [0.717, 1.165) is 21.8 Å². The Kier molecular flexibility index (Phi) is 4.26. The van der Waals surface area contributed by atoms with Gasteiger partial charge in [-0.3, -0.25) is 0 Å². The number of hydrogen-bond acceptors (Lipinski definition) is 6. The maximum atomic E-state index is 12.5. The summed E-state index contributed by atoms with van der Waals surface area (Å²) in [6, 6.07) is 21.5. The van der Waals surface area contributed by atoms with Crippen LogP contribution in [0.3, 0.4) is 0 Å². The highest BCUT2D eigenvalue weighted by Crippen LogP contribution is 2.31. The molecule has 0 aliphatic rings. The first-order valence-corrected chi connectivity index (χ1v) is 9.92. The summed E-state index contributed by atoms with van der Waals surface area (Å²) in [5.74, 6) is 0.642. The van der Waals surface area contributed by atoms with Gasteiger partial charge in [0, 0.05) is 27.9 Å². The van der Waals surface area contributed by atoms with Crippen molar-refractivity contribution in [3.8, 4) is 17.0 Å². The number of thiazole rings is 1. The second-order valence-electron chi connectivity index (χ2n) is 6.54. The summed E-state index contributed by atoms with van der Waals surface area (Å²) in [6.07, 6.45) is 0. The van der Waals surface area contributed by atoms with Gasteiger partial charge in [0.05, 0.1) is 18.4 Å². The largest absolute Gasteiger partial charge is 0.497 e. The van der Waals surface area contributed by atoms with Crippen LogP contribution in [0.2, 0.25) is 0 Å². The molecule has 5 rings (SSSR count). The van der Waals surface area contributed by atoms with Gasteiger partial charge in [-0.05, 0) is 29.7 Å². The van der Waals surface area contributed by atoms with Crippen LogP contribution in [0.5, 0.6) is 5.75 Å². The number of anilines is 2. The molecule has 0 atom stereocenters. The van der Waals surface area contributed by atoms with Gasteiger partial charge in [0.1, 0.15) is 11.3 Å². The maximum Gasteiger partial charge on any atom is 0.345 e. The summed E-state index contributed by atoms with van der Waals surface area (Å²) in [5, 5.41) is 9.02. The zero-order valence-corrected chi connectivity index (χ0v) is 16.3. The molecule has 0 spiro atoms. The fourth-order valence-electron chi connectivity index (χ4n) is 3.30. The molecule has 29 heavy (non-hydrogen) atoms. The van der Waals surface area contributed by atoms with Gasteiger partial charge >= 0.3 is 5.63 Å². The third-order valence-electron chi connectivity index (χ3n) is 4.75. The topological polar surface area (TPSA) is 64.4 Å². The number of rotatable bonds is 4. The first-order chi connectivity index (χ1) is 14.2. The normalized spacial score (nSPS) is 11.1. The van der Waals surface area contributed by atoms with Gasteiger partial charge in [0.25, 0.3) is 0 Å². The third-order valence-corrected chi connectivity index (χ3v) is 5.51. The summed E-state index contributed by atoms with van der Waals surface area (Å²) in [7, 11) is 1.58. The Hall–Kier alpha value is -3.64. The number of fused-ring (bicyclic) bond motifs is 2. The predicted octanol–water partition coefficient (Wildman–Crippen LogP) is 5.82. The molecule has 0 aliphatic heterocycles. The fraction of sp³-hybridized carbons (Fsp3) is 0.0435. The maximum absolute atomic E-state index is 12.5. The number of ether oxygens (including phenoxy) is 1. The molecule has 2 aromatic heterocycles. The summed E-state index contributed by atoms with van der Waals surface area (Å²) in [4.78, 5) is 17.1. The summed E-state index contributed by atoms with van der Waals surface area (Å²) < 4.78 is 10.7. The van der Waals surface area contributed by atoms with Gasteiger partial charge in [-0.15, -0.1) is 11.3 Å². The van der Waals surface area contributed by atoms with Crippen molar-refractivity contribution in [3.05, 3.63) is 82.5 Å². The van der Waals surface area contributed by atoms with Gasteiger partial charge in [-0.1, -0.05) is 36.4 Å². The van der Waals surface area contributed by atoms with Crippen LogP contribution >= 0.6 is 11.3 Å². The van der Waals surface area contributed by atoms with Crippen LogP contribution < -0.4 is 15.7 Å². The second-order valence-corrected chi connectivity index (χ2v) is 7.40. The predicted molar refractivity (Wildman–Crippen MR) is 117 cm³/mol. The Morgan fingerprint density at radius 3 is 2.76 bits per heavy atom. The Bertz CT molecular complexity index is 1400. The highest BCUT2D eigenvalue weighted by Gasteiger charge is 2.13. The molecule has 0 aliphatic carbocycles. The number of aromatic nitrogens is 1. The van der Waals surface area contributed by atoms with Crippen LogP contribution in [0.25, 0.3) is 33.0 Å². The molecule has 0 saturated heterocycles. The second kappa shape index (κ2) is 7.07. The number of nitrogens with zero attached hydrogens (tertiary/aromatic N) is 1. The van der Waals surface area contributed by atoms with E-state index < -0.39 is 5.63 Å². The van der Waals surface area contributed by atoms with E-state index in [2.05, 4.69) is 28.5 Å². The standard InChI is InChI=1S/C23H16N2O3S/c1-27-16-10-9-15-11-18(22(26)28-21(15)12-16)20-13-29-23(25-20)24-19-8-4-6-14-5-2-3-7-17(14)19/h2-13H,1H3,(H,24,25). The first-order valence-electron chi connectivity index (χ1n) is 9.04. The molecule has 1 N–H and O–H groups in total. The Labute approximate surface area is 170 Å². The molecular weight excluding hydrogens is 384 g/mol. The van der Waals surface area contributed by atoms with E-state index in [-0.39, 0.29) is 0 Å². The molecule has 2 heterocycles. The number of hydrogen-bond donors (Lipinski definition) is 1. The zero-order valence-electron chi connectivity index (χ0n) is 15.5. The highest BCUT2D eigenvalue weighted by molar-refractivity contribution is 7.14. The number of methoxy groups -OCH3 is 1. The molecular formula is C23H16N2O3S. The average molecular weight is 400 g/mol. The van der Waals surface area contributed by atoms with E-state index in [1.165, 1.54) is 11.3 Å². The Morgan fingerprint density at radius 1 is 1.00 bits per heavy atom. The lowest BCUT2D eigenvalue weighted by Crippen LogP contribution is -2.03. The van der Waals surface area contributed by atoms with Crippen molar-refractivity contribution >= 4 is 43.9 Å². The number of benzene rings is 3. The van der Waals surface area contributed by atoms with E-state index in [1.54, 1.807) is 19.2 Å². The van der Waals surface area contributed by atoms with E-state index in [1.807, 2.05) is 41.8 Å². The van der Waals surface area contributed by atoms with Crippen LogP contribution in [0.4, 0.5) is 10.8 Å². The van der Waals surface area contributed by atoms with Crippen LogP contribution in [-0.4, -0.2) is 12.1 Å². The molecule has 0 unspecified atom stereocenters. The SMILES string of the molecule is COc1ccc2cc(-c3csc(Nc4cccc5ccccc45)n3)c(=O)oc2c1. The van der Waals surface area contributed by atoms with Gasteiger partial charge in [-0.2, -0.15) is 0 Å². The highest BCUT2D eigenvalue weighted by atomic mass is 32.1. The lowest BCUT2D eigenvalue weighted by Gasteiger charge is -2.07. The minimum atomic E-state index is -0.423. The number of nitrogens with one attached hydrogen (secondary N) is 1. The first kappa shape index (κ1) is 17.5. The molecule has 0 fully saturated rings. The molecule has 5 aromatic rings. The van der Waals surface area contributed by atoms with Gasteiger partial charge in [0.2, 0.25) is 0 Å². The van der Waals surface area contributed by atoms with Gasteiger partial charge in [-0.25, -0.2) is 9.78 Å². The van der Waals surface area contributed by atoms with E-state index in [9.17, 15) is 4.79 Å². The molecule has 142 valence electrons. The van der Waals surface area contributed by atoms with Crippen LogP contribution in [0, 0.1) is 0 Å².